The van der Waals surface area contributed by atoms with Gasteiger partial charge in [0, 0.05) is 24.4 Å². The largest absolute Gasteiger partial charge is 0.296 e. The molecule has 0 aliphatic carbocycles. The van der Waals surface area contributed by atoms with E-state index in [1.807, 2.05) is 12.4 Å². The molecule has 2 heterocycles. The van der Waals surface area contributed by atoms with Gasteiger partial charge in [-0.15, -0.1) is 0 Å². The van der Waals surface area contributed by atoms with Crippen LogP contribution < -0.4 is 0 Å². The third-order valence-corrected chi connectivity index (χ3v) is 8.48. The van der Waals surface area contributed by atoms with Crippen molar-refractivity contribution in [3.05, 3.63) is 152 Å². The van der Waals surface area contributed by atoms with Gasteiger partial charge < -0.3 is 0 Å². The van der Waals surface area contributed by atoms with E-state index in [0.717, 1.165) is 34.5 Å². The molecule has 2 aromatic heterocycles. The molecule has 0 saturated carbocycles. The predicted molar refractivity (Wildman–Crippen MR) is 180 cm³/mol. The van der Waals surface area contributed by atoms with Crippen molar-refractivity contribution < 1.29 is 0 Å². The lowest BCUT2D eigenvalue weighted by atomic mass is 9.83. The normalized spacial score (nSPS) is 11.5. The van der Waals surface area contributed by atoms with Crippen molar-refractivity contribution in [1.29, 1.82) is 0 Å². The molecule has 0 bridgehead atoms. The van der Waals surface area contributed by atoms with Crippen LogP contribution in [0.3, 0.4) is 0 Å². The molecule has 204 valence electrons. The predicted octanol–water partition coefficient (Wildman–Crippen LogP) is 10.3. The van der Waals surface area contributed by atoms with Gasteiger partial charge in [-0.3, -0.25) is 9.55 Å². The first-order valence-electron chi connectivity index (χ1n) is 14.8. The fourth-order valence-electron chi connectivity index (χ4n) is 6.65. The number of nitrogens with zero attached hydrogens (tertiary/aromatic N) is 3. The van der Waals surface area contributed by atoms with E-state index in [0.29, 0.717) is 0 Å². The number of hydrogen-bond donors (Lipinski definition) is 0. The van der Waals surface area contributed by atoms with Gasteiger partial charge in [-0.2, -0.15) is 0 Å². The van der Waals surface area contributed by atoms with Crippen LogP contribution in [0, 0.1) is 0 Å². The average Bonchev–Trinajstić information content (AvgIpc) is 3.46. The molecule has 6 aromatic carbocycles. The SMILES string of the molecule is CCc1nc2ccccc2n1-c1ccccc1-c1c2ccccc2c(-c2ccccc2-c2ccncc2)c2ccccc12. The number of rotatable bonds is 5. The van der Waals surface area contributed by atoms with Crippen LogP contribution in [0.4, 0.5) is 0 Å². The Balaban J connectivity index is 1.49. The van der Waals surface area contributed by atoms with Crippen LogP contribution in [0.5, 0.6) is 0 Å². The van der Waals surface area contributed by atoms with Crippen molar-refractivity contribution in [2.45, 2.75) is 13.3 Å². The van der Waals surface area contributed by atoms with Crippen LogP contribution >= 0.6 is 0 Å². The van der Waals surface area contributed by atoms with Gasteiger partial charge in [0.15, 0.2) is 0 Å². The zero-order valence-corrected chi connectivity index (χ0v) is 23.9. The molecule has 8 aromatic rings. The molecule has 0 N–H and O–H groups in total. The Kier molecular flexibility index (Phi) is 6.08. The summed E-state index contributed by atoms with van der Waals surface area (Å²) < 4.78 is 2.35. The lowest BCUT2D eigenvalue weighted by Gasteiger charge is -2.21. The van der Waals surface area contributed by atoms with Gasteiger partial charge in [0.1, 0.15) is 5.82 Å². The van der Waals surface area contributed by atoms with Crippen LogP contribution in [0.15, 0.2) is 146 Å². The average molecular weight is 552 g/mol. The van der Waals surface area contributed by atoms with Crippen molar-refractivity contribution in [3.8, 4) is 39.1 Å². The molecule has 0 saturated heterocycles. The van der Waals surface area contributed by atoms with Crippen LogP contribution in [-0.4, -0.2) is 14.5 Å². The Labute approximate surface area is 250 Å². The summed E-state index contributed by atoms with van der Waals surface area (Å²) in [5, 5.41) is 4.93. The first kappa shape index (κ1) is 25.2. The topological polar surface area (TPSA) is 30.7 Å². The maximum absolute atomic E-state index is 5.02. The molecule has 3 heteroatoms. The molecule has 0 fully saturated rings. The molecule has 0 aliphatic heterocycles. The molecule has 0 unspecified atom stereocenters. The summed E-state index contributed by atoms with van der Waals surface area (Å²) in [6.07, 6.45) is 4.58. The van der Waals surface area contributed by atoms with Crippen LogP contribution in [0.2, 0.25) is 0 Å². The number of aryl methyl sites for hydroxylation is 1. The van der Waals surface area contributed by atoms with E-state index in [-0.39, 0.29) is 0 Å². The monoisotopic (exact) mass is 551 g/mol. The Bertz CT molecular complexity index is 2220. The van der Waals surface area contributed by atoms with E-state index in [2.05, 4.69) is 150 Å². The second-order valence-corrected chi connectivity index (χ2v) is 10.8. The van der Waals surface area contributed by atoms with Gasteiger partial charge in [-0.05, 0) is 79.7 Å². The molecule has 3 nitrogen and oxygen atoms in total. The summed E-state index contributed by atoms with van der Waals surface area (Å²) in [4.78, 5) is 9.29. The number of pyridine rings is 1. The summed E-state index contributed by atoms with van der Waals surface area (Å²) in [7, 11) is 0. The van der Waals surface area contributed by atoms with E-state index in [1.54, 1.807) is 0 Å². The minimum atomic E-state index is 0.842. The fourth-order valence-corrected chi connectivity index (χ4v) is 6.65. The van der Waals surface area contributed by atoms with Crippen molar-refractivity contribution in [1.82, 2.24) is 14.5 Å². The van der Waals surface area contributed by atoms with E-state index in [9.17, 15) is 0 Å². The van der Waals surface area contributed by atoms with Crippen LogP contribution in [-0.2, 0) is 6.42 Å². The van der Waals surface area contributed by atoms with E-state index in [4.69, 9.17) is 4.98 Å². The zero-order chi connectivity index (χ0) is 28.8. The number of imidazole rings is 1. The molecule has 8 rings (SSSR count). The first-order chi connectivity index (χ1) is 21.3. The smallest absolute Gasteiger partial charge is 0.114 e. The van der Waals surface area contributed by atoms with Gasteiger partial charge >= 0.3 is 0 Å². The molecule has 0 atom stereocenters. The molecule has 0 aliphatic rings. The summed E-state index contributed by atoms with van der Waals surface area (Å²) in [6.45, 7) is 2.18. The minimum absolute atomic E-state index is 0.842. The minimum Gasteiger partial charge on any atom is -0.296 e. The second kappa shape index (κ2) is 10.4. The highest BCUT2D eigenvalue weighted by atomic mass is 15.1. The Morgan fingerprint density at radius 1 is 0.512 bits per heavy atom. The summed E-state index contributed by atoms with van der Waals surface area (Å²) >= 11 is 0. The number of aromatic nitrogens is 3. The Hall–Kier alpha value is -5.54. The maximum atomic E-state index is 5.02. The summed E-state index contributed by atoms with van der Waals surface area (Å²) in [6, 6.07) is 47.9. The van der Waals surface area contributed by atoms with E-state index in [1.165, 1.54) is 49.4 Å². The zero-order valence-electron chi connectivity index (χ0n) is 23.9. The standard InChI is InChI=1S/C40H29N3/c1-2-38-42-35-20-10-12-22-37(35)43(38)36-21-11-9-19-34(36)40-32-17-7-5-15-30(32)39(31-16-6-8-18-33(31)40)29-14-4-3-13-28(29)27-23-25-41-26-24-27/h3-26H,2H2,1H3. The molecule has 0 radical (unpaired) electrons. The maximum Gasteiger partial charge on any atom is 0.114 e. The van der Waals surface area contributed by atoms with Gasteiger partial charge in [-0.25, -0.2) is 4.98 Å². The Morgan fingerprint density at radius 3 is 1.67 bits per heavy atom. The quantitative estimate of drug-likeness (QED) is 0.199. The third-order valence-electron chi connectivity index (χ3n) is 8.48. The van der Waals surface area contributed by atoms with Crippen molar-refractivity contribution in [2.24, 2.45) is 0 Å². The van der Waals surface area contributed by atoms with Crippen molar-refractivity contribution >= 4 is 32.6 Å². The molecule has 0 spiro atoms. The second-order valence-electron chi connectivity index (χ2n) is 10.8. The molecule has 43 heavy (non-hydrogen) atoms. The van der Waals surface area contributed by atoms with E-state index < -0.39 is 0 Å². The summed E-state index contributed by atoms with van der Waals surface area (Å²) in [5.74, 6) is 1.06. The first-order valence-corrected chi connectivity index (χ1v) is 14.8. The number of fused-ring (bicyclic) bond motifs is 3. The number of hydrogen-bond acceptors (Lipinski definition) is 2. The Morgan fingerprint density at radius 2 is 1.02 bits per heavy atom. The van der Waals surface area contributed by atoms with Crippen LogP contribution in [0.25, 0.3) is 71.6 Å². The lowest BCUT2D eigenvalue weighted by molar-refractivity contribution is 0.909. The highest BCUT2D eigenvalue weighted by molar-refractivity contribution is 6.23. The van der Waals surface area contributed by atoms with Gasteiger partial charge in [-0.1, -0.05) is 110 Å². The molecular formula is C40H29N3. The van der Waals surface area contributed by atoms with Gasteiger partial charge in [0.05, 0.1) is 16.7 Å². The number of para-hydroxylation sites is 3. The summed E-state index contributed by atoms with van der Waals surface area (Å²) in [5.41, 5.74) is 10.6. The lowest BCUT2D eigenvalue weighted by Crippen LogP contribution is -2.03. The number of benzene rings is 6. The van der Waals surface area contributed by atoms with Crippen molar-refractivity contribution in [3.63, 3.8) is 0 Å². The van der Waals surface area contributed by atoms with Gasteiger partial charge in [0.2, 0.25) is 0 Å². The highest BCUT2D eigenvalue weighted by Crippen LogP contribution is 2.47. The van der Waals surface area contributed by atoms with Crippen LogP contribution in [0.1, 0.15) is 12.7 Å². The van der Waals surface area contributed by atoms with Gasteiger partial charge in [0.25, 0.3) is 0 Å². The molecule has 0 amide bonds. The highest BCUT2D eigenvalue weighted by Gasteiger charge is 2.21. The third kappa shape index (κ3) is 4.04. The van der Waals surface area contributed by atoms with E-state index >= 15 is 0 Å². The van der Waals surface area contributed by atoms with Crippen molar-refractivity contribution in [2.75, 3.05) is 0 Å². The fraction of sp³-hybridized carbons (Fsp3) is 0.0500. The molecular weight excluding hydrogens is 522 g/mol.